The minimum atomic E-state index is 0.506. The van der Waals surface area contributed by atoms with Crippen LogP contribution in [0.2, 0.25) is 0 Å². The van der Waals surface area contributed by atoms with Gasteiger partial charge in [0.25, 0.3) is 0 Å². The fraction of sp³-hybridized carbons (Fsp3) is 0.409. The number of benzene rings is 1. The van der Waals surface area contributed by atoms with Gasteiger partial charge in [-0.05, 0) is 50.3 Å². The number of rotatable bonds is 3. The van der Waals surface area contributed by atoms with E-state index in [0.29, 0.717) is 6.04 Å². The van der Waals surface area contributed by atoms with Gasteiger partial charge >= 0.3 is 0 Å². The Labute approximate surface area is 146 Å². The highest BCUT2D eigenvalue weighted by molar-refractivity contribution is 5.95. The highest BCUT2D eigenvalue weighted by Gasteiger charge is 2.31. The number of nitrogens with zero attached hydrogens (tertiary/aromatic N) is 1. The molecule has 0 saturated carbocycles. The molecule has 0 bridgehead atoms. The zero-order chi connectivity index (χ0) is 17.4. The smallest absolute Gasteiger partial charge is 0.218 e. The molecule has 0 aromatic heterocycles. The maximum Gasteiger partial charge on any atom is 0.218 e. The van der Waals surface area contributed by atoms with Crippen LogP contribution in [0, 0.1) is 0 Å². The number of hydrogen-bond acceptors (Lipinski definition) is 1. The number of likely N-dealkylation sites (N-methyl/N-ethyl adjacent to an activating group) is 1. The van der Waals surface area contributed by atoms with Gasteiger partial charge in [-0.1, -0.05) is 31.2 Å². The fourth-order valence-electron chi connectivity index (χ4n) is 3.86. The largest absolute Gasteiger partial charge is 0.382 e. The molecule has 0 aliphatic carbocycles. The van der Waals surface area contributed by atoms with E-state index < -0.39 is 0 Å². The predicted molar refractivity (Wildman–Crippen MR) is 103 cm³/mol. The van der Waals surface area contributed by atoms with E-state index in [2.05, 4.69) is 81.9 Å². The van der Waals surface area contributed by atoms with Gasteiger partial charge < -0.3 is 5.32 Å². The summed E-state index contributed by atoms with van der Waals surface area (Å²) in [6.45, 7) is 11.1. The molecule has 24 heavy (non-hydrogen) atoms. The number of allylic oxidation sites excluding steroid dienone is 3. The Morgan fingerprint density at radius 2 is 1.83 bits per heavy atom. The van der Waals surface area contributed by atoms with Gasteiger partial charge in [0.05, 0.1) is 5.57 Å². The zero-order valence-corrected chi connectivity index (χ0v) is 15.8. The standard InChI is InChI=1S/C22H29N2/c1-7-18-8-10-19(11-9-18)20(21-14(2)12-16(4)23-21)22-15(3)13-17(5)24(22)6/h8-11,13,16,23H,7,12H2,1-6H3/q+1. The van der Waals surface area contributed by atoms with E-state index in [-0.39, 0.29) is 0 Å². The van der Waals surface area contributed by atoms with Crippen LogP contribution in [0.5, 0.6) is 0 Å². The monoisotopic (exact) mass is 321 g/mol. The van der Waals surface area contributed by atoms with Crippen molar-refractivity contribution in [1.29, 1.82) is 0 Å². The van der Waals surface area contributed by atoms with Crippen LogP contribution in [0.4, 0.5) is 0 Å². The van der Waals surface area contributed by atoms with Gasteiger partial charge in [-0.25, -0.2) is 0 Å². The maximum absolute atomic E-state index is 3.72. The summed E-state index contributed by atoms with van der Waals surface area (Å²) < 4.78 is 2.32. The van der Waals surface area contributed by atoms with Crippen LogP contribution >= 0.6 is 0 Å². The van der Waals surface area contributed by atoms with Crippen molar-refractivity contribution in [2.24, 2.45) is 0 Å². The topological polar surface area (TPSA) is 15.0 Å². The summed E-state index contributed by atoms with van der Waals surface area (Å²) in [4.78, 5) is 0. The van der Waals surface area contributed by atoms with Crippen LogP contribution in [-0.4, -0.2) is 23.4 Å². The van der Waals surface area contributed by atoms with Crippen molar-refractivity contribution in [1.82, 2.24) is 5.32 Å². The minimum absolute atomic E-state index is 0.506. The first-order valence-electron chi connectivity index (χ1n) is 8.98. The van der Waals surface area contributed by atoms with Gasteiger partial charge in [0.1, 0.15) is 7.05 Å². The van der Waals surface area contributed by atoms with Crippen LogP contribution in [0.1, 0.15) is 52.2 Å². The Morgan fingerprint density at radius 1 is 1.17 bits per heavy atom. The van der Waals surface area contributed by atoms with E-state index in [4.69, 9.17) is 0 Å². The van der Waals surface area contributed by atoms with Crippen molar-refractivity contribution >= 4 is 11.3 Å². The van der Waals surface area contributed by atoms with Crippen molar-refractivity contribution in [2.75, 3.05) is 7.05 Å². The highest BCUT2D eigenvalue weighted by Crippen LogP contribution is 2.36. The molecule has 0 amide bonds. The molecule has 2 aliphatic heterocycles. The second kappa shape index (κ2) is 6.43. The quantitative estimate of drug-likeness (QED) is 0.799. The summed E-state index contributed by atoms with van der Waals surface area (Å²) in [7, 11) is 2.17. The molecular formula is C22H29N2+. The summed E-state index contributed by atoms with van der Waals surface area (Å²) in [5, 5.41) is 3.72. The molecule has 3 rings (SSSR count). The minimum Gasteiger partial charge on any atom is -0.382 e. The van der Waals surface area contributed by atoms with Crippen LogP contribution < -0.4 is 5.32 Å². The second-order valence-electron chi connectivity index (χ2n) is 7.21. The third kappa shape index (κ3) is 2.86. The molecule has 2 aliphatic rings. The lowest BCUT2D eigenvalue weighted by Crippen LogP contribution is -2.21. The van der Waals surface area contributed by atoms with Crippen molar-refractivity contribution in [3.63, 3.8) is 0 Å². The maximum atomic E-state index is 3.72. The van der Waals surface area contributed by atoms with Crippen molar-refractivity contribution < 1.29 is 4.58 Å². The van der Waals surface area contributed by atoms with Crippen molar-refractivity contribution in [3.05, 3.63) is 64.0 Å². The lowest BCUT2D eigenvalue weighted by atomic mass is 9.94. The lowest BCUT2D eigenvalue weighted by molar-refractivity contribution is -0.434. The summed E-state index contributed by atoms with van der Waals surface area (Å²) in [6.07, 6.45) is 4.48. The molecule has 2 nitrogen and oxygen atoms in total. The number of aryl methyl sites for hydroxylation is 1. The first-order chi connectivity index (χ1) is 11.4. The van der Waals surface area contributed by atoms with E-state index in [0.717, 1.165) is 12.8 Å². The fourth-order valence-corrected chi connectivity index (χ4v) is 3.86. The van der Waals surface area contributed by atoms with E-state index >= 15 is 0 Å². The Morgan fingerprint density at radius 3 is 2.29 bits per heavy atom. The van der Waals surface area contributed by atoms with Crippen LogP contribution in [-0.2, 0) is 6.42 Å². The Kier molecular flexibility index (Phi) is 4.49. The molecule has 1 atom stereocenters. The van der Waals surface area contributed by atoms with Gasteiger partial charge in [0, 0.05) is 30.3 Å². The van der Waals surface area contributed by atoms with E-state index in [9.17, 15) is 0 Å². The van der Waals surface area contributed by atoms with Crippen molar-refractivity contribution in [3.8, 4) is 0 Å². The van der Waals surface area contributed by atoms with E-state index in [1.54, 1.807) is 0 Å². The predicted octanol–water partition coefficient (Wildman–Crippen LogP) is 4.68. The van der Waals surface area contributed by atoms with Gasteiger partial charge in [-0.3, -0.25) is 0 Å². The molecule has 126 valence electrons. The molecule has 2 heterocycles. The zero-order valence-electron chi connectivity index (χ0n) is 15.8. The first-order valence-corrected chi connectivity index (χ1v) is 8.98. The molecule has 0 radical (unpaired) electrons. The lowest BCUT2D eigenvalue weighted by Gasteiger charge is -2.16. The van der Waals surface area contributed by atoms with Crippen LogP contribution in [0.15, 0.2) is 52.9 Å². The Hall–Kier alpha value is -2.09. The molecule has 2 heteroatoms. The van der Waals surface area contributed by atoms with E-state index in [1.807, 2.05) is 0 Å². The molecule has 0 saturated heterocycles. The summed E-state index contributed by atoms with van der Waals surface area (Å²) in [5.74, 6) is 0. The average molecular weight is 321 g/mol. The normalized spacial score (nSPS) is 22.9. The summed E-state index contributed by atoms with van der Waals surface area (Å²) in [5.41, 5.74) is 10.8. The average Bonchev–Trinajstić information content (AvgIpc) is 3.01. The third-order valence-electron chi connectivity index (χ3n) is 5.23. The molecule has 1 unspecified atom stereocenters. The SMILES string of the molecule is CCc1ccc(C(C2=C(C)CC(C)N2)=C2C(C)=CC(C)=[N+]2C)cc1. The molecule has 0 spiro atoms. The summed E-state index contributed by atoms with van der Waals surface area (Å²) >= 11 is 0. The van der Waals surface area contributed by atoms with Gasteiger partial charge in [0.15, 0.2) is 5.71 Å². The summed E-state index contributed by atoms with van der Waals surface area (Å²) in [6, 6.07) is 9.58. The van der Waals surface area contributed by atoms with Crippen LogP contribution in [0.25, 0.3) is 5.57 Å². The van der Waals surface area contributed by atoms with Gasteiger partial charge in [-0.15, -0.1) is 0 Å². The molecular weight excluding hydrogens is 292 g/mol. The first kappa shape index (κ1) is 16.8. The second-order valence-corrected chi connectivity index (χ2v) is 7.21. The van der Waals surface area contributed by atoms with Crippen molar-refractivity contribution in [2.45, 2.75) is 53.5 Å². The number of hydrogen-bond donors (Lipinski definition) is 1. The highest BCUT2D eigenvalue weighted by atomic mass is 15.0. The Balaban J connectivity index is 2.23. The third-order valence-corrected chi connectivity index (χ3v) is 5.23. The van der Waals surface area contributed by atoms with Gasteiger partial charge in [-0.2, -0.15) is 4.58 Å². The van der Waals surface area contributed by atoms with Gasteiger partial charge in [0.2, 0.25) is 5.70 Å². The molecule has 1 aromatic carbocycles. The Bertz CT molecular complexity index is 786. The van der Waals surface area contributed by atoms with E-state index in [1.165, 1.54) is 45.0 Å². The molecule has 0 fully saturated rings. The number of nitrogens with one attached hydrogen (secondary N) is 1. The molecule has 1 N–H and O–H groups in total. The van der Waals surface area contributed by atoms with Crippen LogP contribution in [0.3, 0.4) is 0 Å². The molecule has 1 aromatic rings.